The molecule has 5 unspecified atom stereocenters. The van der Waals surface area contributed by atoms with Gasteiger partial charge in [0.15, 0.2) is 0 Å². The van der Waals surface area contributed by atoms with E-state index < -0.39 is 0 Å². The molecule has 0 aromatic carbocycles. The van der Waals surface area contributed by atoms with Crippen molar-refractivity contribution in [2.24, 2.45) is 11.8 Å². The van der Waals surface area contributed by atoms with Gasteiger partial charge in [-0.25, -0.2) is 0 Å². The van der Waals surface area contributed by atoms with Gasteiger partial charge in [-0.15, -0.1) is 11.3 Å². The summed E-state index contributed by atoms with van der Waals surface area (Å²) in [6.07, 6.45) is 1.81. The molecule has 1 aliphatic rings. The number of halogens is 1. The van der Waals surface area contributed by atoms with Crippen molar-refractivity contribution < 1.29 is 4.74 Å². The minimum absolute atomic E-state index is 0.309. The number of hydrogen-bond acceptors (Lipinski definition) is 3. The fourth-order valence-electron chi connectivity index (χ4n) is 3.28. The molecule has 0 spiro atoms. The third-order valence-electron chi connectivity index (χ3n) is 4.44. The Morgan fingerprint density at radius 1 is 1.35 bits per heavy atom. The van der Waals surface area contributed by atoms with Gasteiger partial charge in [0.05, 0.1) is 12.2 Å². The maximum atomic E-state index is 6.06. The molecule has 1 aromatic rings. The van der Waals surface area contributed by atoms with Crippen LogP contribution in [0.4, 0.5) is 0 Å². The predicted octanol–water partition coefficient (Wildman–Crippen LogP) is 4.92. The van der Waals surface area contributed by atoms with Crippen molar-refractivity contribution in [3.05, 3.63) is 20.3 Å². The molecule has 5 atom stereocenters. The smallest absolute Gasteiger partial charge is 0.0600 e. The summed E-state index contributed by atoms with van der Waals surface area (Å²) in [4.78, 5) is 2.79. The molecule has 1 N–H and O–H groups in total. The Kier molecular flexibility index (Phi) is 5.69. The molecule has 114 valence electrons. The summed E-state index contributed by atoms with van der Waals surface area (Å²) in [6.45, 7) is 12.2. The van der Waals surface area contributed by atoms with Crippen LogP contribution in [0.15, 0.2) is 10.5 Å². The second kappa shape index (κ2) is 6.91. The summed E-state index contributed by atoms with van der Waals surface area (Å²) < 4.78 is 7.31. The fourth-order valence-corrected chi connectivity index (χ4v) is 5.32. The first-order valence-corrected chi connectivity index (χ1v) is 9.21. The lowest BCUT2D eigenvalue weighted by molar-refractivity contribution is 0.0476. The molecule has 0 saturated carbocycles. The molecule has 0 bridgehead atoms. The normalized spacial score (nSPS) is 31.7. The van der Waals surface area contributed by atoms with Crippen LogP contribution in [0.1, 0.15) is 49.9 Å². The van der Waals surface area contributed by atoms with Crippen LogP contribution in [-0.4, -0.2) is 18.8 Å². The third-order valence-corrected chi connectivity index (χ3v) is 6.49. The first-order chi connectivity index (χ1) is 9.45. The summed E-state index contributed by atoms with van der Waals surface area (Å²) in [6, 6.07) is 2.62. The van der Waals surface area contributed by atoms with Crippen LogP contribution >= 0.6 is 27.3 Å². The van der Waals surface area contributed by atoms with E-state index in [1.165, 1.54) is 14.2 Å². The number of hydrogen-bond donors (Lipinski definition) is 1. The van der Waals surface area contributed by atoms with E-state index >= 15 is 0 Å². The minimum atomic E-state index is 0.309. The third kappa shape index (κ3) is 3.29. The molecule has 4 heteroatoms. The van der Waals surface area contributed by atoms with Crippen molar-refractivity contribution in [3.8, 4) is 0 Å². The zero-order valence-electron chi connectivity index (χ0n) is 13.1. The summed E-state index contributed by atoms with van der Waals surface area (Å²) in [5.74, 6) is 1.11. The Labute approximate surface area is 135 Å². The van der Waals surface area contributed by atoms with Crippen molar-refractivity contribution in [1.29, 1.82) is 0 Å². The lowest BCUT2D eigenvalue weighted by Crippen LogP contribution is -2.35. The van der Waals surface area contributed by atoms with Crippen LogP contribution in [-0.2, 0) is 4.74 Å². The summed E-state index contributed by atoms with van der Waals surface area (Å²) in [5, 5.41) is 3.76. The predicted molar refractivity (Wildman–Crippen MR) is 90.5 cm³/mol. The Hall–Kier alpha value is 0.1000. The van der Waals surface area contributed by atoms with Crippen LogP contribution in [0.5, 0.6) is 0 Å². The van der Waals surface area contributed by atoms with E-state index in [1.54, 1.807) is 0 Å². The van der Waals surface area contributed by atoms with E-state index in [0.717, 1.165) is 13.0 Å². The molecule has 2 heterocycles. The second-order valence-corrected chi connectivity index (χ2v) is 8.13. The van der Waals surface area contributed by atoms with Crippen molar-refractivity contribution in [3.63, 3.8) is 0 Å². The van der Waals surface area contributed by atoms with E-state index in [9.17, 15) is 0 Å². The number of thiophene rings is 1. The Balaban J connectivity index is 2.30. The van der Waals surface area contributed by atoms with Gasteiger partial charge in [0.2, 0.25) is 0 Å². The number of rotatable bonds is 5. The van der Waals surface area contributed by atoms with Gasteiger partial charge < -0.3 is 10.1 Å². The number of ether oxygens (including phenoxy) is 1. The number of nitrogens with one attached hydrogen (secondary N) is 1. The number of aryl methyl sites for hydroxylation is 1. The highest BCUT2D eigenvalue weighted by Gasteiger charge is 2.42. The van der Waals surface area contributed by atoms with E-state index in [1.807, 2.05) is 11.3 Å². The van der Waals surface area contributed by atoms with Crippen molar-refractivity contribution in [1.82, 2.24) is 5.32 Å². The van der Waals surface area contributed by atoms with E-state index in [4.69, 9.17) is 4.74 Å². The van der Waals surface area contributed by atoms with E-state index in [-0.39, 0.29) is 0 Å². The Morgan fingerprint density at radius 2 is 2.05 bits per heavy atom. The fraction of sp³-hybridized carbons (Fsp3) is 0.750. The highest BCUT2D eigenvalue weighted by molar-refractivity contribution is 9.10. The van der Waals surface area contributed by atoms with Crippen LogP contribution in [0.3, 0.4) is 0 Å². The van der Waals surface area contributed by atoms with Crippen molar-refractivity contribution in [2.75, 3.05) is 6.54 Å². The summed E-state index contributed by atoms with van der Waals surface area (Å²) >= 11 is 5.64. The molecule has 0 amide bonds. The lowest BCUT2D eigenvalue weighted by Gasteiger charge is -2.29. The summed E-state index contributed by atoms with van der Waals surface area (Å²) in [5.41, 5.74) is 0. The standard InChI is InChI=1S/C16H26BrNOS/c1-6-7-18-15(16-13(17)8-9(2)20-16)14-10(3)11(4)19-12(14)5/h8,10-12,14-15,18H,6-7H2,1-5H3. The van der Waals surface area contributed by atoms with Gasteiger partial charge in [-0.2, -0.15) is 0 Å². The molecule has 0 radical (unpaired) electrons. The van der Waals surface area contributed by atoms with Gasteiger partial charge >= 0.3 is 0 Å². The quantitative estimate of drug-likeness (QED) is 0.805. The maximum Gasteiger partial charge on any atom is 0.0600 e. The molecule has 2 rings (SSSR count). The summed E-state index contributed by atoms with van der Waals surface area (Å²) in [7, 11) is 0. The van der Waals surface area contributed by atoms with Crippen LogP contribution in [0.2, 0.25) is 0 Å². The average Bonchev–Trinajstić information content (AvgIpc) is 2.83. The second-order valence-electron chi connectivity index (χ2n) is 5.98. The highest BCUT2D eigenvalue weighted by atomic mass is 79.9. The average molecular weight is 360 g/mol. The minimum Gasteiger partial charge on any atom is -0.375 e. The molecular formula is C16H26BrNOS. The molecule has 20 heavy (non-hydrogen) atoms. The van der Waals surface area contributed by atoms with Gasteiger partial charge in [-0.3, -0.25) is 0 Å². The van der Waals surface area contributed by atoms with Crippen LogP contribution in [0.25, 0.3) is 0 Å². The van der Waals surface area contributed by atoms with Crippen LogP contribution < -0.4 is 5.32 Å². The zero-order valence-corrected chi connectivity index (χ0v) is 15.5. The molecule has 0 aliphatic carbocycles. The van der Waals surface area contributed by atoms with Crippen LogP contribution in [0, 0.1) is 18.8 Å². The maximum absolute atomic E-state index is 6.06. The molecule has 1 saturated heterocycles. The molecule has 1 aromatic heterocycles. The Morgan fingerprint density at radius 3 is 2.50 bits per heavy atom. The monoisotopic (exact) mass is 359 g/mol. The van der Waals surface area contributed by atoms with Gasteiger partial charge in [-0.05, 0) is 61.7 Å². The Bertz CT molecular complexity index is 448. The largest absolute Gasteiger partial charge is 0.375 e. The SMILES string of the molecule is CCCNC(c1sc(C)cc1Br)C1C(C)OC(C)C1C. The molecule has 2 nitrogen and oxygen atoms in total. The first-order valence-electron chi connectivity index (χ1n) is 7.60. The van der Waals surface area contributed by atoms with Gasteiger partial charge in [-0.1, -0.05) is 13.8 Å². The van der Waals surface area contributed by atoms with Gasteiger partial charge in [0.1, 0.15) is 0 Å². The van der Waals surface area contributed by atoms with Crippen molar-refractivity contribution >= 4 is 27.3 Å². The molecule has 1 fully saturated rings. The van der Waals surface area contributed by atoms with E-state index in [0.29, 0.717) is 30.1 Å². The van der Waals surface area contributed by atoms with E-state index in [2.05, 4.69) is 61.9 Å². The molecule has 1 aliphatic heterocycles. The topological polar surface area (TPSA) is 21.3 Å². The van der Waals surface area contributed by atoms with Crippen molar-refractivity contribution in [2.45, 2.75) is 59.3 Å². The van der Waals surface area contributed by atoms with Gasteiger partial charge in [0, 0.05) is 26.2 Å². The zero-order chi connectivity index (χ0) is 14.9. The first kappa shape index (κ1) is 16.5. The lowest BCUT2D eigenvalue weighted by atomic mass is 9.82. The van der Waals surface area contributed by atoms with Gasteiger partial charge in [0.25, 0.3) is 0 Å². The highest BCUT2D eigenvalue weighted by Crippen LogP contribution is 2.44. The molecular weight excluding hydrogens is 334 g/mol.